The van der Waals surface area contributed by atoms with Gasteiger partial charge in [0.05, 0.1) is 5.70 Å². The van der Waals surface area contributed by atoms with Crippen LogP contribution >= 0.6 is 11.6 Å². The number of hydrogen-bond acceptors (Lipinski definition) is 1. The number of fused-ring (bicyclic) bond motifs is 3. The van der Waals surface area contributed by atoms with Crippen molar-refractivity contribution in [1.29, 1.82) is 0 Å². The van der Waals surface area contributed by atoms with Gasteiger partial charge in [-0.15, -0.1) is 0 Å². The van der Waals surface area contributed by atoms with Gasteiger partial charge in [0, 0.05) is 16.7 Å². The minimum Gasteiger partial charge on any atom is -0.223 e. The summed E-state index contributed by atoms with van der Waals surface area (Å²) in [5, 5.41) is 0.167. The molecular weight excluding hydrogens is 448 g/mol. The van der Waals surface area contributed by atoms with Crippen molar-refractivity contribution in [2.75, 3.05) is 0 Å². The lowest BCUT2D eigenvalue weighted by Gasteiger charge is -2.21. The first-order chi connectivity index (χ1) is 16.9. The maximum atomic E-state index is 6.54. The molecule has 1 aliphatic rings. The number of hydrogen-bond donors (Lipinski definition) is 0. The van der Waals surface area contributed by atoms with Gasteiger partial charge in [0.25, 0.3) is 0 Å². The minimum absolute atomic E-state index is 0.0752. The molecule has 0 bridgehead atoms. The molecule has 0 saturated heterocycles. The Morgan fingerprint density at radius 2 is 1.40 bits per heavy atom. The number of rotatable bonds is 4. The predicted octanol–water partition coefficient (Wildman–Crippen LogP) is 8.73. The standard InChI is InChI=1S/C32H27ClN2/c1-21(24-14-10-15-25(20-24)23-12-6-5-7-13-23)34-31(33)35-22(2)26-17-11-19-29-30(26)27-16-8-9-18-28(27)32(29,3)4/h5-20H,2H2,1,3-4H3/b34-21+,35-31-. The van der Waals surface area contributed by atoms with Crippen molar-refractivity contribution in [3.63, 3.8) is 0 Å². The highest BCUT2D eigenvalue weighted by Crippen LogP contribution is 2.50. The average molecular weight is 475 g/mol. The lowest BCUT2D eigenvalue weighted by atomic mass is 9.82. The molecule has 4 aromatic carbocycles. The van der Waals surface area contributed by atoms with Gasteiger partial charge in [-0.2, -0.15) is 0 Å². The summed E-state index contributed by atoms with van der Waals surface area (Å²) in [5.74, 6) is 0. The summed E-state index contributed by atoms with van der Waals surface area (Å²) in [6.45, 7) is 10.7. The van der Waals surface area contributed by atoms with E-state index < -0.39 is 0 Å². The molecule has 0 saturated carbocycles. The van der Waals surface area contributed by atoms with Gasteiger partial charge in [-0.3, -0.25) is 0 Å². The molecule has 0 aliphatic heterocycles. The van der Waals surface area contributed by atoms with Crippen molar-refractivity contribution in [2.45, 2.75) is 26.2 Å². The summed E-state index contributed by atoms with van der Waals surface area (Å²) in [6, 6.07) is 33.5. The SMILES string of the molecule is C=C(/N=C(Cl)\N=C(/C)c1cccc(-c2ccccc2)c1)c1cccc2c1-c1ccccc1C2(C)C. The number of benzene rings is 4. The van der Waals surface area contributed by atoms with Crippen LogP contribution in [0.25, 0.3) is 28.0 Å². The number of nitrogens with zero attached hydrogens (tertiary/aromatic N) is 2. The first-order valence-electron chi connectivity index (χ1n) is 11.7. The van der Waals surface area contributed by atoms with Crippen LogP contribution in [0.2, 0.25) is 0 Å². The lowest BCUT2D eigenvalue weighted by molar-refractivity contribution is 0.660. The summed E-state index contributed by atoms with van der Waals surface area (Å²) in [4.78, 5) is 9.18. The highest BCUT2D eigenvalue weighted by Gasteiger charge is 2.36. The third-order valence-corrected chi connectivity index (χ3v) is 6.96. The average Bonchev–Trinajstić information content (AvgIpc) is 3.11. The Labute approximate surface area is 212 Å². The highest BCUT2D eigenvalue weighted by atomic mass is 35.5. The molecule has 35 heavy (non-hydrogen) atoms. The largest absolute Gasteiger partial charge is 0.223 e. The first kappa shape index (κ1) is 23.0. The smallest absolute Gasteiger partial charge is 0.223 e. The van der Waals surface area contributed by atoms with Crippen molar-refractivity contribution >= 4 is 28.3 Å². The summed E-state index contributed by atoms with van der Waals surface area (Å²) in [6.07, 6.45) is 0. The Hall–Kier alpha value is -3.75. The van der Waals surface area contributed by atoms with Crippen LogP contribution in [0.4, 0.5) is 0 Å². The fourth-order valence-electron chi connectivity index (χ4n) is 4.95. The first-order valence-corrected chi connectivity index (χ1v) is 12.1. The molecule has 0 N–H and O–H groups in total. The van der Waals surface area contributed by atoms with Crippen LogP contribution in [0.1, 0.15) is 43.0 Å². The molecule has 2 nitrogen and oxygen atoms in total. The van der Waals surface area contributed by atoms with Crippen LogP contribution in [0, 0.1) is 0 Å². The zero-order valence-electron chi connectivity index (χ0n) is 20.2. The van der Waals surface area contributed by atoms with E-state index in [0.29, 0.717) is 5.70 Å². The zero-order chi connectivity index (χ0) is 24.6. The van der Waals surface area contributed by atoms with Gasteiger partial charge >= 0.3 is 0 Å². The Morgan fingerprint density at radius 1 is 0.743 bits per heavy atom. The van der Waals surface area contributed by atoms with Crippen LogP contribution in [0.15, 0.2) is 114 Å². The van der Waals surface area contributed by atoms with E-state index in [-0.39, 0.29) is 10.7 Å². The van der Waals surface area contributed by atoms with E-state index in [1.165, 1.54) is 22.3 Å². The van der Waals surface area contributed by atoms with E-state index in [0.717, 1.165) is 28.0 Å². The molecule has 0 heterocycles. The third kappa shape index (κ3) is 4.26. The van der Waals surface area contributed by atoms with E-state index in [1.807, 2.05) is 37.3 Å². The molecule has 0 fully saturated rings. The summed E-state index contributed by atoms with van der Waals surface area (Å²) in [5.41, 5.74) is 10.6. The van der Waals surface area contributed by atoms with E-state index in [4.69, 9.17) is 11.6 Å². The quantitative estimate of drug-likeness (QED) is 0.160. The zero-order valence-corrected chi connectivity index (χ0v) is 21.0. The van der Waals surface area contributed by atoms with Gasteiger partial charge in [0.15, 0.2) is 0 Å². The van der Waals surface area contributed by atoms with Gasteiger partial charge in [0.1, 0.15) is 0 Å². The number of aliphatic imine (C=N–C) groups is 2. The second-order valence-electron chi connectivity index (χ2n) is 9.37. The normalized spacial score (nSPS) is 14.4. The summed E-state index contributed by atoms with van der Waals surface area (Å²) >= 11 is 6.54. The van der Waals surface area contributed by atoms with E-state index in [9.17, 15) is 0 Å². The fraction of sp³-hybridized carbons (Fsp3) is 0.125. The molecule has 0 radical (unpaired) electrons. The molecule has 5 rings (SSSR count). The lowest BCUT2D eigenvalue weighted by Crippen LogP contribution is -2.14. The summed E-state index contributed by atoms with van der Waals surface area (Å²) < 4.78 is 0. The molecule has 0 amide bonds. The topological polar surface area (TPSA) is 24.7 Å². The Balaban J connectivity index is 1.47. The number of halogens is 1. The van der Waals surface area contributed by atoms with E-state index in [2.05, 4.69) is 97.1 Å². The highest BCUT2D eigenvalue weighted by molar-refractivity contribution is 6.66. The maximum Gasteiger partial charge on any atom is 0.223 e. The van der Waals surface area contributed by atoms with Crippen LogP contribution < -0.4 is 0 Å². The Bertz CT molecular complexity index is 1490. The van der Waals surface area contributed by atoms with Crippen molar-refractivity contribution in [2.24, 2.45) is 9.98 Å². The molecule has 1 aliphatic carbocycles. The van der Waals surface area contributed by atoms with Crippen LogP contribution in [0.5, 0.6) is 0 Å². The van der Waals surface area contributed by atoms with Crippen LogP contribution in [0.3, 0.4) is 0 Å². The summed E-state index contributed by atoms with van der Waals surface area (Å²) in [7, 11) is 0. The van der Waals surface area contributed by atoms with Crippen molar-refractivity contribution in [1.82, 2.24) is 0 Å². The Kier molecular flexibility index (Phi) is 6.00. The molecular formula is C32H27ClN2. The second kappa shape index (κ2) is 9.13. The van der Waals surface area contributed by atoms with Crippen LogP contribution in [-0.2, 0) is 5.41 Å². The van der Waals surface area contributed by atoms with Crippen molar-refractivity contribution < 1.29 is 0 Å². The minimum atomic E-state index is -0.0752. The van der Waals surface area contributed by atoms with E-state index >= 15 is 0 Å². The monoisotopic (exact) mass is 474 g/mol. The van der Waals surface area contributed by atoms with Gasteiger partial charge in [-0.05, 0) is 63.5 Å². The molecule has 0 unspecified atom stereocenters. The predicted molar refractivity (Wildman–Crippen MR) is 150 cm³/mol. The molecule has 172 valence electrons. The molecule has 3 heteroatoms. The fourth-order valence-corrected chi connectivity index (χ4v) is 5.18. The van der Waals surface area contributed by atoms with Crippen molar-refractivity contribution in [3.05, 3.63) is 126 Å². The van der Waals surface area contributed by atoms with Gasteiger partial charge in [-0.25, -0.2) is 9.98 Å². The van der Waals surface area contributed by atoms with Gasteiger partial charge < -0.3 is 0 Å². The maximum absolute atomic E-state index is 6.54. The van der Waals surface area contributed by atoms with Gasteiger partial charge in [0.2, 0.25) is 5.29 Å². The molecule has 0 atom stereocenters. The number of amidine groups is 1. The third-order valence-electron chi connectivity index (χ3n) is 6.79. The van der Waals surface area contributed by atoms with Crippen molar-refractivity contribution in [3.8, 4) is 22.3 Å². The molecule has 4 aromatic rings. The van der Waals surface area contributed by atoms with Crippen LogP contribution in [-0.4, -0.2) is 11.0 Å². The molecule has 0 spiro atoms. The van der Waals surface area contributed by atoms with E-state index in [1.54, 1.807) is 0 Å². The van der Waals surface area contributed by atoms with Gasteiger partial charge in [-0.1, -0.05) is 111 Å². The second-order valence-corrected chi connectivity index (χ2v) is 9.71. The molecule has 0 aromatic heterocycles. The Morgan fingerprint density at radius 3 is 2.20 bits per heavy atom.